The van der Waals surface area contributed by atoms with Crippen LogP contribution in [0, 0.1) is 0 Å². The standard InChI is InChI=1S/C11H16O6/c1-4-8(12)16-11(5-2)17-10(14)7-6-9(13)15-3/h4,11H,1,5-7H2,2-3H3. The Morgan fingerprint density at radius 1 is 1.18 bits per heavy atom. The van der Waals surface area contributed by atoms with E-state index in [-0.39, 0.29) is 12.8 Å². The monoisotopic (exact) mass is 244 g/mol. The highest BCUT2D eigenvalue weighted by atomic mass is 16.7. The Hall–Kier alpha value is -1.85. The van der Waals surface area contributed by atoms with E-state index in [4.69, 9.17) is 9.47 Å². The van der Waals surface area contributed by atoms with Gasteiger partial charge in [0.25, 0.3) is 0 Å². The van der Waals surface area contributed by atoms with Gasteiger partial charge in [0.1, 0.15) is 0 Å². The lowest BCUT2D eigenvalue weighted by Crippen LogP contribution is -2.23. The maximum absolute atomic E-state index is 11.3. The zero-order valence-corrected chi connectivity index (χ0v) is 9.93. The topological polar surface area (TPSA) is 78.9 Å². The normalized spacial score (nSPS) is 11.2. The van der Waals surface area contributed by atoms with Gasteiger partial charge in [0, 0.05) is 12.5 Å². The molecule has 0 radical (unpaired) electrons. The number of carbonyl (C=O) groups excluding carboxylic acids is 3. The Labute approximate surface area is 99.5 Å². The molecule has 0 saturated carbocycles. The molecule has 0 spiro atoms. The van der Waals surface area contributed by atoms with Gasteiger partial charge >= 0.3 is 17.9 Å². The first kappa shape index (κ1) is 15.2. The van der Waals surface area contributed by atoms with E-state index in [9.17, 15) is 14.4 Å². The van der Waals surface area contributed by atoms with Gasteiger partial charge in [0.15, 0.2) is 0 Å². The van der Waals surface area contributed by atoms with Crippen molar-refractivity contribution in [1.29, 1.82) is 0 Å². The van der Waals surface area contributed by atoms with Gasteiger partial charge in [0.05, 0.1) is 20.0 Å². The maximum Gasteiger partial charge on any atom is 0.333 e. The van der Waals surface area contributed by atoms with Crippen molar-refractivity contribution in [3.63, 3.8) is 0 Å². The molecule has 6 nitrogen and oxygen atoms in total. The molecule has 0 aliphatic rings. The Bertz CT molecular complexity index is 296. The molecule has 0 rings (SSSR count). The van der Waals surface area contributed by atoms with Gasteiger partial charge in [-0.3, -0.25) is 9.59 Å². The van der Waals surface area contributed by atoms with Crippen LogP contribution in [0.5, 0.6) is 0 Å². The van der Waals surface area contributed by atoms with Crippen molar-refractivity contribution in [2.24, 2.45) is 0 Å². The molecule has 0 aromatic carbocycles. The first-order chi connectivity index (χ1) is 8.03. The van der Waals surface area contributed by atoms with E-state index < -0.39 is 24.2 Å². The Morgan fingerprint density at radius 3 is 2.24 bits per heavy atom. The predicted octanol–water partition coefficient (Wildman–Crippen LogP) is 0.948. The number of ether oxygens (including phenoxy) is 3. The van der Waals surface area contributed by atoms with Crippen LogP contribution in [0.15, 0.2) is 12.7 Å². The highest BCUT2D eigenvalue weighted by Crippen LogP contribution is 2.05. The second-order valence-corrected chi connectivity index (χ2v) is 3.04. The van der Waals surface area contributed by atoms with Crippen LogP contribution in [0.2, 0.25) is 0 Å². The predicted molar refractivity (Wildman–Crippen MR) is 57.7 cm³/mol. The first-order valence-electron chi connectivity index (χ1n) is 5.12. The summed E-state index contributed by atoms with van der Waals surface area (Å²) in [6, 6.07) is 0. The average molecular weight is 244 g/mol. The van der Waals surface area contributed by atoms with E-state index in [1.54, 1.807) is 6.92 Å². The van der Waals surface area contributed by atoms with E-state index >= 15 is 0 Å². The maximum atomic E-state index is 11.3. The smallest absolute Gasteiger partial charge is 0.333 e. The molecule has 0 heterocycles. The van der Waals surface area contributed by atoms with Gasteiger partial charge in [-0.05, 0) is 0 Å². The van der Waals surface area contributed by atoms with Crippen LogP contribution in [-0.2, 0) is 28.6 Å². The molecule has 0 aliphatic heterocycles. The summed E-state index contributed by atoms with van der Waals surface area (Å²) in [6.45, 7) is 4.91. The second-order valence-electron chi connectivity index (χ2n) is 3.04. The van der Waals surface area contributed by atoms with Crippen LogP contribution in [0.1, 0.15) is 26.2 Å². The molecule has 6 heteroatoms. The van der Waals surface area contributed by atoms with E-state index in [0.717, 1.165) is 6.08 Å². The van der Waals surface area contributed by atoms with Crippen molar-refractivity contribution >= 4 is 17.9 Å². The molecule has 0 aromatic heterocycles. The fourth-order valence-electron chi connectivity index (χ4n) is 0.880. The number of carbonyl (C=O) groups is 3. The summed E-state index contributed by atoms with van der Waals surface area (Å²) in [5.74, 6) is -1.80. The number of methoxy groups -OCH3 is 1. The minimum atomic E-state index is -0.953. The third-order valence-corrected chi connectivity index (χ3v) is 1.77. The van der Waals surface area contributed by atoms with E-state index in [1.807, 2.05) is 0 Å². The molecule has 0 N–H and O–H groups in total. The summed E-state index contributed by atoms with van der Waals surface area (Å²) in [7, 11) is 1.23. The molecule has 0 saturated heterocycles. The Morgan fingerprint density at radius 2 is 1.76 bits per heavy atom. The molecule has 1 unspecified atom stereocenters. The van der Waals surface area contributed by atoms with Crippen molar-refractivity contribution in [2.45, 2.75) is 32.5 Å². The summed E-state index contributed by atoms with van der Waals surface area (Å²) in [4.78, 5) is 32.9. The Kier molecular flexibility index (Phi) is 7.41. The molecule has 1 atom stereocenters. The third-order valence-electron chi connectivity index (χ3n) is 1.77. The van der Waals surface area contributed by atoms with E-state index in [2.05, 4.69) is 11.3 Å². The molecule has 0 bridgehead atoms. The Balaban J connectivity index is 4.01. The minimum absolute atomic E-state index is 0.0683. The zero-order valence-electron chi connectivity index (χ0n) is 9.93. The summed E-state index contributed by atoms with van der Waals surface area (Å²) in [6.07, 6.45) is 0.162. The molecule has 96 valence electrons. The number of hydrogen-bond donors (Lipinski definition) is 0. The molecular formula is C11H16O6. The fraction of sp³-hybridized carbons (Fsp3) is 0.545. The molecule has 0 aromatic rings. The highest BCUT2D eigenvalue weighted by molar-refractivity contribution is 5.81. The van der Waals surface area contributed by atoms with Gasteiger partial charge in [-0.2, -0.15) is 0 Å². The fourth-order valence-corrected chi connectivity index (χ4v) is 0.880. The first-order valence-corrected chi connectivity index (χ1v) is 5.12. The number of esters is 3. The quantitative estimate of drug-likeness (QED) is 0.377. The van der Waals surface area contributed by atoms with Crippen molar-refractivity contribution in [1.82, 2.24) is 0 Å². The minimum Gasteiger partial charge on any atom is -0.469 e. The summed E-state index contributed by atoms with van der Waals surface area (Å²) < 4.78 is 13.9. The van der Waals surface area contributed by atoms with Gasteiger partial charge in [-0.15, -0.1) is 0 Å². The lowest BCUT2D eigenvalue weighted by Gasteiger charge is -2.15. The van der Waals surface area contributed by atoms with Crippen molar-refractivity contribution in [3.05, 3.63) is 12.7 Å². The van der Waals surface area contributed by atoms with Crippen LogP contribution < -0.4 is 0 Å². The van der Waals surface area contributed by atoms with Gasteiger partial charge in [-0.1, -0.05) is 13.5 Å². The molecule has 17 heavy (non-hydrogen) atoms. The van der Waals surface area contributed by atoms with Crippen LogP contribution in [0.4, 0.5) is 0 Å². The van der Waals surface area contributed by atoms with Gasteiger partial charge in [0.2, 0.25) is 6.29 Å². The summed E-state index contributed by atoms with van der Waals surface area (Å²) in [5.41, 5.74) is 0. The van der Waals surface area contributed by atoms with E-state index in [0.29, 0.717) is 6.42 Å². The average Bonchev–Trinajstić information content (AvgIpc) is 2.34. The van der Waals surface area contributed by atoms with Crippen molar-refractivity contribution in [3.8, 4) is 0 Å². The molecule has 0 aliphatic carbocycles. The molecular weight excluding hydrogens is 228 g/mol. The van der Waals surface area contributed by atoms with Crippen molar-refractivity contribution < 1.29 is 28.6 Å². The van der Waals surface area contributed by atoms with Crippen LogP contribution >= 0.6 is 0 Å². The van der Waals surface area contributed by atoms with Gasteiger partial charge < -0.3 is 14.2 Å². The number of hydrogen-bond acceptors (Lipinski definition) is 6. The SMILES string of the molecule is C=CC(=O)OC(CC)OC(=O)CCC(=O)OC. The van der Waals surface area contributed by atoms with Gasteiger partial charge in [-0.25, -0.2) is 4.79 Å². The highest BCUT2D eigenvalue weighted by Gasteiger charge is 2.16. The largest absolute Gasteiger partial charge is 0.469 e. The lowest BCUT2D eigenvalue weighted by atomic mass is 10.3. The van der Waals surface area contributed by atoms with E-state index in [1.165, 1.54) is 7.11 Å². The van der Waals surface area contributed by atoms with Crippen LogP contribution in [0.25, 0.3) is 0 Å². The third kappa shape index (κ3) is 7.10. The van der Waals surface area contributed by atoms with Crippen LogP contribution in [-0.4, -0.2) is 31.3 Å². The zero-order chi connectivity index (χ0) is 13.3. The second kappa shape index (κ2) is 8.32. The van der Waals surface area contributed by atoms with Crippen LogP contribution in [0.3, 0.4) is 0 Å². The summed E-state index contributed by atoms with van der Waals surface area (Å²) in [5, 5.41) is 0. The van der Waals surface area contributed by atoms with Crippen molar-refractivity contribution in [2.75, 3.05) is 7.11 Å². The molecule has 0 amide bonds. The summed E-state index contributed by atoms with van der Waals surface area (Å²) >= 11 is 0. The molecule has 0 fully saturated rings. The number of rotatable bonds is 7. The lowest BCUT2D eigenvalue weighted by molar-refractivity contribution is -0.185.